The van der Waals surface area contributed by atoms with Gasteiger partial charge in [0.05, 0.1) is 17.1 Å². The van der Waals surface area contributed by atoms with E-state index in [1.807, 2.05) is 0 Å². The van der Waals surface area contributed by atoms with E-state index in [-0.39, 0.29) is 41.3 Å². The van der Waals surface area contributed by atoms with Gasteiger partial charge in [-0.05, 0) is 19.9 Å². The number of hydrogen-bond acceptors (Lipinski definition) is 6. The SMILES string of the molecule is CCOC(=O)C1=C(C)NC(=O)CC1c1cc([N+](=O)[O-])ccc1OC(F)F. The maximum absolute atomic E-state index is 12.7. The molecule has 26 heavy (non-hydrogen) atoms. The molecule has 0 aromatic heterocycles. The minimum atomic E-state index is -3.18. The first-order valence-corrected chi connectivity index (χ1v) is 7.65. The number of nitrogens with zero attached hydrogens (tertiary/aromatic N) is 1. The van der Waals surface area contributed by atoms with E-state index in [1.165, 1.54) is 6.92 Å². The number of alkyl halides is 2. The maximum atomic E-state index is 12.7. The molecule has 140 valence electrons. The highest BCUT2D eigenvalue weighted by molar-refractivity contribution is 5.96. The number of nitro benzene ring substituents is 1. The van der Waals surface area contributed by atoms with Crippen LogP contribution >= 0.6 is 0 Å². The highest BCUT2D eigenvalue weighted by Gasteiger charge is 2.35. The van der Waals surface area contributed by atoms with Gasteiger partial charge in [0.2, 0.25) is 5.91 Å². The average molecular weight is 370 g/mol. The summed E-state index contributed by atoms with van der Waals surface area (Å²) in [6.07, 6.45) is -0.272. The predicted molar refractivity (Wildman–Crippen MR) is 84.6 cm³/mol. The van der Waals surface area contributed by atoms with E-state index in [9.17, 15) is 28.5 Å². The van der Waals surface area contributed by atoms with Crippen molar-refractivity contribution in [3.63, 3.8) is 0 Å². The Balaban J connectivity index is 2.62. The van der Waals surface area contributed by atoms with Crippen LogP contribution in [0.1, 0.15) is 31.7 Å². The molecule has 2 rings (SSSR count). The number of nitro groups is 1. The summed E-state index contributed by atoms with van der Waals surface area (Å²) in [6, 6.07) is 3.04. The molecule has 8 nitrogen and oxygen atoms in total. The Bertz CT molecular complexity index is 778. The smallest absolute Gasteiger partial charge is 0.387 e. The average Bonchev–Trinajstić information content (AvgIpc) is 2.53. The van der Waals surface area contributed by atoms with E-state index in [4.69, 9.17) is 4.74 Å². The monoisotopic (exact) mass is 370 g/mol. The summed E-state index contributed by atoms with van der Waals surface area (Å²) in [4.78, 5) is 34.6. The van der Waals surface area contributed by atoms with Crippen LogP contribution in [0.4, 0.5) is 14.5 Å². The minimum Gasteiger partial charge on any atom is -0.463 e. The van der Waals surface area contributed by atoms with Gasteiger partial charge in [-0.3, -0.25) is 14.9 Å². The zero-order chi connectivity index (χ0) is 19.4. The second-order valence-corrected chi connectivity index (χ2v) is 5.42. The summed E-state index contributed by atoms with van der Waals surface area (Å²) in [6.45, 7) is -0.0701. The standard InChI is InChI=1S/C16H16F2N2O6/c1-3-25-15(22)14-8(2)19-13(21)7-11(14)10-6-9(20(23)24)4-5-12(10)26-16(17)18/h4-6,11,16H,3,7H2,1-2H3,(H,19,21). The number of nitrogens with one attached hydrogen (secondary N) is 1. The third kappa shape index (κ3) is 4.13. The van der Waals surface area contributed by atoms with E-state index in [0.717, 1.165) is 18.2 Å². The highest BCUT2D eigenvalue weighted by Crippen LogP contribution is 2.40. The second-order valence-electron chi connectivity index (χ2n) is 5.42. The summed E-state index contributed by atoms with van der Waals surface area (Å²) in [5, 5.41) is 13.5. The fourth-order valence-corrected chi connectivity index (χ4v) is 2.77. The lowest BCUT2D eigenvalue weighted by molar-refractivity contribution is -0.385. The van der Waals surface area contributed by atoms with Crippen LogP contribution in [0.5, 0.6) is 5.75 Å². The van der Waals surface area contributed by atoms with Crippen LogP contribution in [0.3, 0.4) is 0 Å². The van der Waals surface area contributed by atoms with Crippen molar-refractivity contribution in [2.24, 2.45) is 0 Å². The first-order chi connectivity index (χ1) is 12.2. The van der Waals surface area contributed by atoms with Gasteiger partial charge in [-0.15, -0.1) is 0 Å². The molecule has 1 N–H and O–H groups in total. The van der Waals surface area contributed by atoms with Gasteiger partial charge >= 0.3 is 12.6 Å². The van der Waals surface area contributed by atoms with Crippen molar-refractivity contribution in [2.45, 2.75) is 32.8 Å². The van der Waals surface area contributed by atoms with Crippen LogP contribution in [0, 0.1) is 10.1 Å². The van der Waals surface area contributed by atoms with Gasteiger partial charge in [0.25, 0.3) is 5.69 Å². The fraction of sp³-hybridized carbons (Fsp3) is 0.375. The van der Waals surface area contributed by atoms with Gasteiger partial charge in [-0.25, -0.2) is 4.79 Å². The molecular formula is C16H16F2N2O6. The van der Waals surface area contributed by atoms with E-state index in [2.05, 4.69) is 10.1 Å². The van der Waals surface area contributed by atoms with E-state index in [0.29, 0.717) is 0 Å². The number of ether oxygens (including phenoxy) is 2. The molecule has 1 heterocycles. The second kappa shape index (κ2) is 7.89. The van der Waals surface area contributed by atoms with Crippen molar-refractivity contribution < 1.29 is 32.8 Å². The van der Waals surface area contributed by atoms with Crippen molar-refractivity contribution in [3.8, 4) is 5.75 Å². The van der Waals surface area contributed by atoms with Gasteiger partial charge in [0.1, 0.15) is 5.75 Å². The number of halogens is 2. The van der Waals surface area contributed by atoms with Crippen molar-refractivity contribution in [2.75, 3.05) is 6.61 Å². The Morgan fingerprint density at radius 1 is 1.46 bits per heavy atom. The van der Waals surface area contributed by atoms with Crippen LogP contribution in [0.25, 0.3) is 0 Å². The summed E-state index contributed by atoms with van der Waals surface area (Å²) in [7, 11) is 0. The molecule has 1 aliphatic rings. The molecule has 0 saturated heterocycles. The molecule has 1 aromatic rings. The van der Waals surface area contributed by atoms with Gasteiger partial charge in [-0.1, -0.05) is 0 Å². The molecule has 10 heteroatoms. The molecule has 1 amide bonds. The van der Waals surface area contributed by atoms with Crippen LogP contribution in [-0.2, 0) is 14.3 Å². The first kappa shape index (κ1) is 19.3. The number of carbonyl (C=O) groups is 2. The molecule has 0 bridgehead atoms. The molecule has 0 spiro atoms. The summed E-state index contributed by atoms with van der Waals surface area (Å²) < 4.78 is 34.8. The highest BCUT2D eigenvalue weighted by atomic mass is 19.3. The largest absolute Gasteiger partial charge is 0.463 e. The molecule has 0 radical (unpaired) electrons. The van der Waals surface area contributed by atoms with Crippen LogP contribution in [0.15, 0.2) is 29.5 Å². The lowest BCUT2D eigenvalue weighted by atomic mass is 9.83. The van der Waals surface area contributed by atoms with Crippen molar-refractivity contribution in [1.82, 2.24) is 5.32 Å². The number of carbonyl (C=O) groups excluding carboxylic acids is 2. The lowest BCUT2D eigenvalue weighted by Crippen LogP contribution is -2.34. The molecule has 1 unspecified atom stereocenters. The molecule has 0 aliphatic carbocycles. The van der Waals surface area contributed by atoms with E-state index in [1.54, 1.807) is 6.92 Å². The van der Waals surface area contributed by atoms with Gasteiger partial charge in [-0.2, -0.15) is 8.78 Å². The summed E-state index contributed by atoms with van der Waals surface area (Å²) in [5.41, 5.74) is -0.213. The minimum absolute atomic E-state index is 0.0334. The van der Waals surface area contributed by atoms with Gasteiger partial charge in [0, 0.05) is 35.7 Å². The van der Waals surface area contributed by atoms with Crippen molar-refractivity contribution in [1.29, 1.82) is 0 Å². The normalized spacial score (nSPS) is 17.1. The van der Waals surface area contributed by atoms with Crippen molar-refractivity contribution in [3.05, 3.63) is 45.1 Å². The maximum Gasteiger partial charge on any atom is 0.387 e. The van der Waals surface area contributed by atoms with Crippen LogP contribution in [0.2, 0.25) is 0 Å². The number of allylic oxidation sites excluding steroid dienone is 1. The zero-order valence-corrected chi connectivity index (χ0v) is 14.0. The number of benzene rings is 1. The van der Waals surface area contributed by atoms with E-state index >= 15 is 0 Å². The topological polar surface area (TPSA) is 108 Å². The Labute approximate surface area is 146 Å². The van der Waals surface area contributed by atoms with Gasteiger partial charge < -0.3 is 14.8 Å². The Kier molecular flexibility index (Phi) is 5.86. The lowest BCUT2D eigenvalue weighted by Gasteiger charge is -2.27. The van der Waals surface area contributed by atoms with Crippen LogP contribution in [-0.4, -0.2) is 30.0 Å². The Morgan fingerprint density at radius 3 is 2.73 bits per heavy atom. The molecule has 0 saturated carbocycles. The quantitative estimate of drug-likeness (QED) is 0.469. The Morgan fingerprint density at radius 2 is 2.15 bits per heavy atom. The Hall–Kier alpha value is -3.04. The van der Waals surface area contributed by atoms with E-state index < -0.39 is 29.3 Å². The third-order valence-corrected chi connectivity index (χ3v) is 3.76. The fourth-order valence-electron chi connectivity index (χ4n) is 2.77. The molecule has 0 fully saturated rings. The van der Waals surface area contributed by atoms with Gasteiger partial charge in [0.15, 0.2) is 0 Å². The molecule has 1 atom stereocenters. The molecule has 1 aliphatic heterocycles. The number of non-ortho nitro benzene ring substituents is 1. The summed E-state index contributed by atoms with van der Waals surface area (Å²) >= 11 is 0. The summed E-state index contributed by atoms with van der Waals surface area (Å²) in [5.74, 6) is -2.57. The molecular weight excluding hydrogens is 354 g/mol. The predicted octanol–water partition coefficient (Wildman–Crippen LogP) is 2.64. The molecule has 1 aromatic carbocycles. The number of rotatable bonds is 6. The third-order valence-electron chi connectivity index (χ3n) is 3.76. The number of esters is 1. The first-order valence-electron chi connectivity index (χ1n) is 7.65. The zero-order valence-electron chi connectivity index (χ0n) is 14.0. The van der Waals surface area contributed by atoms with Crippen molar-refractivity contribution >= 4 is 17.6 Å². The number of hydrogen-bond donors (Lipinski definition) is 1. The number of amides is 1. The van der Waals surface area contributed by atoms with Crippen LogP contribution < -0.4 is 10.1 Å².